The zero-order valence-corrected chi connectivity index (χ0v) is 16.9. The van der Waals surface area contributed by atoms with Crippen molar-refractivity contribution in [2.75, 3.05) is 7.11 Å². The fourth-order valence-corrected chi connectivity index (χ4v) is 3.45. The van der Waals surface area contributed by atoms with E-state index in [4.69, 9.17) is 0 Å². The Labute approximate surface area is 169 Å². The molecule has 6 nitrogen and oxygen atoms in total. The summed E-state index contributed by atoms with van der Waals surface area (Å²) in [4.78, 5) is 36.3. The first-order valence-corrected chi connectivity index (χ1v) is 9.37. The quantitative estimate of drug-likeness (QED) is 0.473. The number of benzene rings is 2. The highest BCUT2D eigenvalue weighted by Gasteiger charge is 2.25. The van der Waals surface area contributed by atoms with Crippen LogP contribution in [0.5, 0.6) is 5.88 Å². The Morgan fingerprint density at radius 1 is 1.11 bits per heavy atom. The summed E-state index contributed by atoms with van der Waals surface area (Å²) in [5.74, 6) is -1.45. The van der Waals surface area contributed by atoms with E-state index in [2.05, 4.69) is 20.7 Å². The Kier molecular flexibility index (Phi) is 5.65. The van der Waals surface area contributed by atoms with Crippen molar-refractivity contribution in [2.24, 2.45) is 0 Å². The van der Waals surface area contributed by atoms with E-state index in [1.807, 2.05) is 0 Å². The zero-order chi connectivity index (χ0) is 20.4. The monoisotopic (exact) mass is 443 g/mol. The van der Waals surface area contributed by atoms with Gasteiger partial charge in [-0.2, -0.15) is 0 Å². The number of ether oxygens (including phenoxy) is 1. The average Bonchev–Trinajstić information content (AvgIpc) is 2.96. The molecular formula is C21H18BrNO5. The summed E-state index contributed by atoms with van der Waals surface area (Å²) in [5.41, 5.74) is 1.81. The fraction of sp³-hybridized carbons (Fsp3) is 0.190. The van der Waals surface area contributed by atoms with Crippen molar-refractivity contribution in [1.82, 2.24) is 4.57 Å². The summed E-state index contributed by atoms with van der Waals surface area (Å²) < 4.78 is 6.48. The molecule has 0 unspecified atom stereocenters. The van der Waals surface area contributed by atoms with Crippen molar-refractivity contribution < 1.29 is 24.2 Å². The molecular weight excluding hydrogens is 426 g/mol. The highest BCUT2D eigenvalue weighted by molar-refractivity contribution is 9.10. The van der Waals surface area contributed by atoms with Gasteiger partial charge < -0.3 is 9.84 Å². The van der Waals surface area contributed by atoms with E-state index >= 15 is 0 Å². The normalized spacial score (nSPS) is 10.8. The first kappa shape index (κ1) is 19.8. The van der Waals surface area contributed by atoms with Crippen LogP contribution in [0.4, 0.5) is 0 Å². The molecule has 3 rings (SSSR count). The topological polar surface area (TPSA) is 85.6 Å². The molecule has 0 spiro atoms. The number of ketones is 1. The van der Waals surface area contributed by atoms with Gasteiger partial charge >= 0.3 is 5.97 Å². The molecule has 1 aromatic heterocycles. The minimum absolute atomic E-state index is 0.0833. The van der Waals surface area contributed by atoms with Gasteiger partial charge in [0.2, 0.25) is 11.8 Å². The molecule has 0 aliphatic carbocycles. The van der Waals surface area contributed by atoms with Gasteiger partial charge in [-0.05, 0) is 24.1 Å². The predicted octanol–water partition coefficient (Wildman–Crippen LogP) is 4.11. The van der Waals surface area contributed by atoms with E-state index in [0.717, 1.165) is 14.6 Å². The molecule has 0 aliphatic rings. The van der Waals surface area contributed by atoms with Crippen molar-refractivity contribution in [1.29, 1.82) is 0 Å². The van der Waals surface area contributed by atoms with Gasteiger partial charge in [0.1, 0.15) is 0 Å². The Balaban J connectivity index is 1.99. The third kappa shape index (κ3) is 3.71. The van der Waals surface area contributed by atoms with Crippen LogP contribution >= 0.6 is 15.9 Å². The number of carbonyl (C=O) groups excluding carboxylic acids is 3. The van der Waals surface area contributed by atoms with E-state index in [-0.39, 0.29) is 29.6 Å². The Morgan fingerprint density at radius 2 is 1.79 bits per heavy atom. The van der Waals surface area contributed by atoms with Crippen molar-refractivity contribution >= 4 is 44.5 Å². The predicted molar refractivity (Wildman–Crippen MR) is 108 cm³/mol. The molecule has 7 heteroatoms. The maximum atomic E-state index is 13.1. The highest BCUT2D eigenvalue weighted by atomic mass is 79.9. The summed E-state index contributed by atoms with van der Waals surface area (Å²) in [5, 5.41) is 11.1. The average molecular weight is 444 g/mol. The molecule has 0 aliphatic heterocycles. The van der Waals surface area contributed by atoms with E-state index in [0.29, 0.717) is 22.9 Å². The van der Waals surface area contributed by atoms with Gasteiger partial charge in [-0.3, -0.25) is 14.4 Å². The van der Waals surface area contributed by atoms with Crippen LogP contribution in [0.15, 0.2) is 46.9 Å². The first-order valence-electron chi connectivity index (χ1n) is 8.57. The van der Waals surface area contributed by atoms with Gasteiger partial charge in [0, 0.05) is 28.8 Å². The summed E-state index contributed by atoms with van der Waals surface area (Å²) in [6, 6.07) is 11.9. The number of fused-ring (bicyclic) bond motifs is 1. The largest absolute Gasteiger partial charge is 0.494 e. The number of rotatable bonds is 5. The third-order valence-corrected chi connectivity index (χ3v) is 5.00. The molecule has 1 N–H and O–H groups in total. The minimum Gasteiger partial charge on any atom is -0.494 e. The van der Waals surface area contributed by atoms with Crippen molar-refractivity contribution in [3.05, 3.63) is 63.6 Å². The van der Waals surface area contributed by atoms with Gasteiger partial charge in [0.15, 0.2) is 5.78 Å². The van der Waals surface area contributed by atoms with Crippen molar-refractivity contribution in [3.8, 4) is 5.88 Å². The lowest BCUT2D eigenvalue weighted by Crippen LogP contribution is -2.06. The smallest absolute Gasteiger partial charge is 0.305 e. The lowest BCUT2D eigenvalue weighted by Gasteiger charge is -2.04. The second-order valence-electron chi connectivity index (χ2n) is 6.32. The highest BCUT2D eigenvalue weighted by Crippen LogP contribution is 2.34. The molecule has 0 radical (unpaired) electrons. The maximum absolute atomic E-state index is 13.1. The number of halogens is 1. The number of hydrogen-bond acceptors (Lipinski definition) is 5. The molecule has 0 saturated carbocycles. The Hall–Kier alpha value is -2.93. The lowest BCUT2D eigenvalue weighted by molar-refractivity contribution is -0.140. The molecule has 0 fully saturated rings. The van der Waals surface area contributed by atoms with E-state index < -0.39 is 5.91 Å². The molecule has 3 aromatic rings. The molecule has 0 bridgehead atoms. The number of hydrogen-bond donors (Lipinski definition) is 1. The summed E-state index contributed by atoms with van der Waals surface area (Å²) in [6.45, 7) is 1.32. The van der Waals surface area contributed by atoms with Crippen LogP contribution in [0.2, 0.25) is 0 Å². The SMILES string of the molecule is COC(=O)CCc1ccc(C(=O)c2c(O)n(C(C)=O)c3cc(Br)ccc23)cc1. The molecule has 0 saturated heterocycles. The molecule has 0 atom stereocenters. The summed E-state index contributed by atoms with van der Waals surface area (Å²) in [6.07, 6.45) is 0.760. The lowest BCUT2D eigenvalue weighted by atomic mass is 10.00. The molecule has 144 valence electrons. The van der Waals surface area contributed by atoms with Crippen LogP contribution in [0.1, 0.15) is 39.6 Å². The number of esters is 1. The number of aromatic hydroxyl groups is 1. The maximum Gasteiger partial charge on any atom is 0.305 e. The number of aryl methyl sites for hydroxylation is 1. The zero-order valence-electron chi connectivity index (χ0n) is 15.4. The van der Waals surface area contributed by atoms with Gasteiger partial charge in [-0.25, -0.2) is 4.57 Å². The minimum atomic E-state index is -0.391. The van der Waals surface area contributed by atoms with Crippen LogP contribution in [0.3, 0.4) is 0 Å². The standard InChI is InChI=1S/C21H18BrNO5/c1-12(24)23-17-11-15(22)8-9-16(17)19(21(23)27)20(26)14-6-3-13(4-7-14)5-10-18(25)28-2/h3-4,6-9,11,27H,5,10H2,1-2H3. The van der Waals surface area contributed by atoms with Crippen LogP contribution in [-0.4, -0.2) is 34.4 Å². The third-order valence-electron chi connectivity index (χ3n) is 4.51. The van der Waals surface area contributed by atoms with Gasteiger partial charge in [0.05, 0.1) is 18.2 Å². The van der Waals surface area contributed by atoms with Gasteiger partial charge in [-0.15, -0.1) is 0 Å². The van der Waals surface area contributed by atoms with E-state index in [1.54, 1.807) is 42.5 Å². The molecule has 0 amide bonds. The van der Waals surface area contributed by atoms with Crippen molar-refractivity contribution in [3.63, 3.8) is 0 Å². The molecule has 28 heavy (non-hydrogen) atoms. The van der Waals surface area contributed by atoms with E-state index in [1.165, 1.54) is 14.0 Å². The number of carbonyl (C=O) groups is 3. The van der Waals surface area contributed by atoms with Gasteiger partial charge in [-0.1, -0.05) is 46.3 Å². The van der Waals surface area contributed by atoms with Crippen LogP contribution in [0.25, 0.3) is 10.9 Å². The Bertz CT molecular complexity index is 1080. The second-order valence-corrected chi connectivity index (χ2v) is 7.23. The summed E-state index contributed by atoms with van der Waals surface area (Å²) in [7, 11) is 1.34. The van der Waals surface area contributed by atoms with Gasteiger partial charge in [0.25, 0.3) is 0 Å². The number of nitrogens with zero attached hydrogens (tertiary/aromatic N) is 1. The fourth-order valence-electron chi connectivity index (χ4n) is 3.11. The summed E-state index contributed by atoms with van der Waals surface area (Å²) >= 11 is 3.35. The van der Waals surface area contributed by atoms with E-state index in [9.17, 15) is 19.5 Å². The number of aromatic nitrogens is 1. The first-order chi connectivity index (χ1) is 13.3. The second kappa shape index (κ2) is 7.98. The Morgan fingerprint density at radius 3 is 2.39 bits per heavy atom. The molecule has 1 heterocycles. The van der Waals surface area contributed by atoms with Crippen LogP contribution in [-0.2, 0) is 16.0 Å². The van der Waals surface area contributed by atoms with Crippen LogP contribution in [0, 0.1) is 0 Å². The number of methoxy groups -OCH3 is 1. The molecule has 2 aromatic carbocycles. The van der Waals surface area contributed by atoms with Crippen molar-refractivity contribution in [2.45, 2.75) is 19.8 Å². The van der Waals surface area contributed by atoms with Crippen LogP contribution < -0.4 is 0 Å².